The molecule has 2 aromatic heterocycles. The first-order valence-electron chi connectivity index (χ1n) is 7.60. The van der Waals surface area contributed by atoms with Crippen molar-refractivity contribution < 1.29 is 9.53 Å². The Morgan fingerprint density at radius 3 is 2.62 bits per heavy atom. The summed E-state index contributed by atoms with van der Waals surface area (Å²) in [5.41, 5.74) is 0.226. The molecule has 3 aromatic rings. The molecule has 0 aliphatic heterocycles. The van der Waals surface area contributed by atoms with Crippen LogP contribution in [0.2, 0.25) is 0 Å². The lowest BCUT2D eigenvalue weighted by atomic mass is 10.2. The molecule has 0 radical (unpaired) electrons. The van der Waals surface area contributed by atoms with Crippen molar-refractivity contribution in [2.45, 2.75) is 32.9 Å². The normalized spacial score (nSPS) is 11.6. The van der Waals surface area contributed by atoms with Crippen LogP contribution in [-0.2, 0) is 16.1 Å². The minimum absolute atomic E-state index is 0.143. The first-order chi connectivity index (χ1) is 11.3. The summed E-state index contributed by atoms with van der Waals surface area (Å²) in [6, 6.07) is 11.7. The fourth-order valence-electron chi connectivity index (χ4n) is 2.33. The maximum absolute atomic E-state index is 12.6. The molecule has 24 heavy (non-hydrogen) atoms. The number of hydrogen-bond donors (Lipinski definition) is 0. The van der Waals surface area contributed by atoms with Crippen LogP contribution in [0.3, 0.4) is 0 Å². The highest BCUT2D eigenvalue weighted by molar-refractivity contribution is 7.21. The van der Waals surface area contributed by atoms with Gasteiger partial charge in [-0.2, -0.15) is 0 Å². The van der Waals surface area contributed by atoms with E-state index in [1.807, 2.05) is 36.4 Å². The summed E-state index contributed by atoms with van der Waals surface area (Å²) in [6.07, 6.45) is 1.40. The number of fused-ring (bicyclic) bond motifs is 1. The molecule has 0 saturated heterocycles. The number of carbonyl (C=O) groups excluding carboxylic acids is 1. The average Bonchev–Trinajstić information content (AvgIpc) is 2.94. The summed E-state index contributed by atoms with van der Waals surface area (Å²) in [4.78, 5) is 30.5. The van der Waals surface area contributed by atoms with Crippen molar-refractivity contribution in [2.24, 2.45) is 0 Å². The number of esters is 1. The first-order valence-corrected chi connectivity index (χ1v) is 8.41. The van der Waals surface area contributed by atoms with Gasteiger partial charge in [0.05, 0.1) is 11.7 Å². The summed E-state index contributed by atoms with van der Waals surface area (Å²) < 4.78 is 6.55. The molecule has 0 atom stereocenters. The van der Waals surface area contributed by atoms with E-state index in [-0.39, 0.29) is 12.1 Å². The van der Waals surface area contributed by atoms with Gasteiger partial charge in [-0.05, 0) is 32.4 Å². The summed E-state index contributed by atoms with van der Waals surface area (Å²) in [5, 5.41) is 0.518. The standard InChI is InChI=1S/C18H18N2O3S/c1-18(2,3)23-15(21)10-20-11-19-16-13(17(20)22)9-14(24-16)12-7-5-4-6-8-12/h4-9,11H,10H2,1-3H3. The second kappa shape index (κ2) is 6.20. The van der Waals surface area contributed by atoms with Crippen LogP contribution >= 0.6 is 11.3 Å². The van der Waals surface area contributed by atoms with Gasteiger partial charge < -0.3 is 4.74 Å². The van der Waals surface area contributed by atoms with Crippen LogP contribution in [0.15, 0.2) is 47.5 Å². The highest BCUT2D eigenvalue weighted by atomic mass is 32.1. The van der Waals surface area contributed by atoms with Gasteiger partial charge >= 0.3 is 5.97 Å². The van der Waals surface area contributed by atoms with Crippen LogP contribution in [0.25, 0.3) is 20.7 Å². The lowest BCUT2D eigenvalue weighted by Crippen LogP contribution is -2.30. The van der Waals surface area contributed by atoms with Gasteiger partial charge in [0.2, 0.25) is 0 Å². The summed E-state index contributed by atoms with van der Waals surface area (Å²) >= 11 is 1.46. The second-order valence-corrected chi connectivity index (χ2v) is 7.49. The fraction of sp³-hybridized carbons (Fsp3) is 0.278. The minimum atomic E-state index is -0.582. The maximum atomic E-state index is 12.6. The van der Waals surface area contributed by atoms with Crippen molar-refractivity contribution in [3.63, 3.8) is 0 Å². The Hall–Kier alpha value is -2.47. The van der Waals surface area contributed by atoms with E-state index in [1.54, 1.807) is 20.8 Å². The van der Waals surface area contributed by atoms with Gasteiger partial charge in [-0.3, -0.25) is 14.2 Å². The third-order valence-corrected chi connectivity index (χ3v) is 4.39. The van der Waals surface area contributed by atoms with E-state index in [9.17, 15) is 9.59 Å². The number of carbonyl (C=O) groups is 1. The molecule has 5 nitrogen and oxygen atoms in total. The van der Waals surface area contributed by atoms with Crippen LogP contribution in [0.1, 0.15) is 20.8 Å². The third kappa shape index (κ3) is 3.54. The number of thiophene rings is 1. The Balaban J connectivity index is 1.94. The van der Waals surface area contributed by atoms with Gasteiger partial charge in [0.1, 0.15) is 17.0 Å². The molecule has 0 unspecified atom stereocenters. The zero-order valence-electron chi connectivity index (χ0n) is 13.8. The van der Waals surface area contributed by atoms with Crippen molar-refractivity contribution in [2.75, 3.05) is 0 Å². The molecular formula is C18H18N2O3S. The summed E-state index contributed by atoms with van der Waals surface area (Å²) in [6.45, 7) is 5.23. The Labute approximate surface area is 143 Å². The largest absolute Gasteiger partial charge is 0.459 e. The second-order valence-electron chi connectivity index (χ2n) is 6.46. The van der Waals surface area contributed by atoms with E-state index in [0.717, 1.165) is 10.4 Å². The summed E-state index contributed by atoms with van der Waals surface area (Å²) in [5.74, 6) is -0.454. The van der Waals surface area contributed by atoms with Crippen LogP contribution in [-0.4, -0.2) is 21.1 Å². The molecule has 0 fully saturated rings. The fourth-order valence-corrected chi connectivity index (χ4v) is 3.33. The molecule has 1 aromatic carbocycles. The molecule has 6 heteroatoms. The van der Waals surface area contributed by atoms with Crippen molar-refractivity contribution in [3.8, 4) is 10.4 Å². The molecule has 2 heterocycles. The Morgan fingerprint density at radius 1 is 1.25 bits per heavy atom. The van der Waals surface area contributed by atoms with E-state index in [1.165, 1.54) is 22.2 Å². The number of rotatable bonds is 3. The SMILES string of the molecule is CC(C)(C)OC(=O)Cn1cnc2sc(-c3ccccc3)cc2c1=O. The Morgan fingerprint density at radius 2 is 1.96 bits per heavy atom. The van der Waals surface area contributed by atoms with E-state index in [0.29, 0.717) is 10.2 Å². The highest BCUT2D eigenvalue weighted by Gasteiger charge is 2.18. The first kappa shape index (κ1) is 16.4. The number of hydrogen-bond acceptors (Lipinski definition) is 5. The van der Waals surface area contributed by atoms with Gasteiger partial charge in [-0.25, -0.2) is 4.98 Å². The predicted octanol–water partition coefficient (Wildman–Crippen LogP) is 3.47. The maximum Gasteiger partial charge on any atom is 0.326 e. The van der Waals surface area contributed by atoms with Gasteiger partial charge in [-0.1, -0.05) is 30.3 Å². The van der Waals surface area contributed by atoms with E-state index >= 15 is 0 Å². The molecular weight excluding hydrogens is 324 g/mol. The molecule has 124 valence electrons. The van der Waals surface area contributed by atoms with Crippen LogP contribution in [0.4, 0.5) is 0 Å². The molecule has 0 N–H and O–H groups in total. The lowest BCUT2D eigenvalue weighted by Gasteiger charge is -2.19. The quantitative estimate of drug-likeness (QED) is 0.684. The molecule has 3 rings (SSSR count). The average molecular weight is 342 g/mol. The molecule has 0 bridgehead atoms. The Kier molecular flexibility index (Phi) is 4.24. The zero-order chi connectivity index (χ0) is 17.3. The number of nitrogens with zero attached hydrogens (tertiary/aromatic N) is 2. The third-order valence-electron chi connectivity index (χ3n) is 3.30. The molecule has 0 saturated carbocycles. The van der Waals surface area contributed by atoms with Gasteiger partial charge in [-0.15, -0.1) is 11.3 Å². The minimum Gasteiger partial charge on any atom is -0.459 e. The smallest absolute Gasteiger partial charge is 0.326 e. The molecule has 0 amide bonds. The predicted molar refractivity (Wildman–Crippen MR) is 95.2 cm³/mol. The number of ether oxygens (including phenoxy) is 1. The van der Waals surface area contributed by atoms with E-state index in [4.69, 9.17) is 4.74 Å². The Bertz CT molecular complexity index is 936. The zero-order valence-corrected chi connectivity index (χ0v) is 14.6. The van der Waals surface area contributed by atoms with Crippen molar-refractivity contribution in [1.29, 1.82) is 0 Å². The van der Waals surface area contributed by atoms with E-state index in [2.05, 4.69) is 4.98 Å². The van der Waals surface area contributed by atoms with Crippen molar-refractivity contribution >= 4 is 27.5 Å². The van der Waals surface area contributed by atoms with Crippen molar-refractivity contribution in [1.82, 2.24) is 9.55 Å². The topological polar surface area (TPSA) is 61.2 Å². The highest BCUT2D eigenvalue weighted by Crippen LogP contribution is 2.30. The number of aromatic nitrogens is 2. The number of benzene rings is 1. The van der Waals surface area contributed by atoms with Crippen molar-refractivity contribution in [3.05, 3.63) is 53.1 Å². The van der Waals surface area contributed by atoms with Crippen LogP contribution in [0.5, 0.6) is 0 Å². The summed E-state index contributed by atoms with van der Waals surface area (Å²) in [7, 11) is 0. The van der Waals surface area contributed by atoms with Gasteiger partial charge in [0.15, 0.2) is 0 Å². The van der Waals surface area contributed by atoms with Gasteiger partial charge in [0, 0.05) is 4.88 Å². The molecule has 0 aliphatic carbocycles. The van der Waals surface area contributed by atoms with Crippen LogP contribution in [0, 0.1) is 0 Å². The monoisotopic (exact) mass is 342 g/mol. The van der Waals surface area contributed by atoms with E-state index < -0.39 is 11.6 Å². The molecule has 0 aliphatic rings. The van der Waals surface area contributed by atoms with Gasteiger partial charge in [0.25, 0.3) is 5.56 Å². The lowest BCUT2D eigenvalue weighted by molar-refractivity contribution is -0.155. The molecule has 0 spiro atoms. The van der Waals surface area contributed by atoms with Crippen LogP contribution < -0.4 is 5.56 Å².